The van der Waals surface area contributed by atoms with Crippen LogP contribution in [0.4, 0.5) is 13.2 Å². The highest BCUT2D eigenvalue weighted by atomic mass is 79.9. The highest BCUT2D eigenvalue weighted by Gasteiger charge is 2.34. The van der Waals surface area contributed by atoms with Crippen LogP contribution < -0.4 is 5.32 Å². The second kappa shape index (κ2) is 8.03. The highest BCUT2D eigenvalue weighted by molar-refractivity contribution is 9.10. The molecule has 0 saturated carbocycles. The van der Waals surface area contributed by atoms with Crippen molar-refractivity contribution in [1.82, 2.24) is 24.9 Å². The van der Waals surface area contributed by atoms with E-state index >= 15 is 0 Å². The molecule has 2 aromatic heterocycles. The summed E-state index contributed by atoms with van der Waals surface area (Å²) >= 11 is 3.29. The van der Waals surface area contributed by atoms with Gasteiger partial charge < -0.3 is 5.32 Å². The molecule has 0 aliphatic rings. The quantitative estimate of drug-likeness (QED) is 0.698. The van der Waals surface area contributed by atoms with Crippen molar-refractivity contribution in [2.24, 2.45) is 5.92 Å². The summed E-state index contributed by atoms with van der Waals surface area (Å²) < 4.78 is 41.6. The molecular weight excluding hydrogens is 403 g/mol. The van der Waals surface area contributed by atoms with Gasteiger partial charge in [-0.1, -0.05) is 6.92 Å². The summed E-state index contributed by atoms with van der Waals surface area (Å²) in [6, 6.07) is 1.02. The Balaban J connectivity index is 1.75. The van der Waals surface area contributed by atoms with Gasteiger partial charge in [0.15, 0.2) is 5.69 Å². The summed E-state index contributed by atoms with van der Waals surface area (Å²) in [6.07, 6.45) is -0.526. The summed E-state index contributed by atoms with van der Waals surface area (Å²) in [7, 11) is 0. The fourth-order valence-electron chi connectivity index (χ4n) is 2.29. The molecule has 0 aliphatic heterocycles. The first-order chi connectivity index (χ1) is 11.7. The molecule has 25 heavy (non-hydrogen) atoms. The fraction of sp³-hybridized carbons (Fsp3) is 0.533. The molecule has 1 unspecified atom stereocenters. The number of alkyl halides is 3. The van der Waals surface area contributed by atoms with Crippen LogP contribution in [0.3, 0.4) is 0 Å². The van der Waals surface area contributed by atoms with Gasteiger partial charge in [0, 0.05) is 25.0 Å². The third-order valence-electron chi connectivity index (χ3n) is 3.63. The fourth-order valence-corrected chi connectivity index (χ4v) is 2.62. The smallest absolute Gasteiger partial charge is 0.356 e. The van der Waals surface area contributed by atoms with E-state index < -0.39 is 11.9 Å². The van der Waals surface area contributed by atoms with Crippen molar-refractivity contribution < 1.29 is 18.0 Å². The van der Waals surface area contributed by atoms with E-state index in [-0.39, 0.29) is 11.8 Å². The number of hydrogen-bond donors (Lipinski definition) is 1. The zero-order chi connectivity index (χ0) is 18.6. The van der Waals surface area contributed by atoms with Crippen molar-refractivity contribution in [1.29, 1.82) is 0 Å². The lowest BCUT2D eigenvalue weighted by Gasteiger charge is -2.12. The number of amides is 1. The lowest BCUT2D eigenvalue weighted by molar-refractivity contribution is -0.141. The lowest BCUT2D eigenvalue weighted by Crippen LogP contribution is -2.32. The van der Waals surface area contributed by atoms with E-state index in [2.05, 4.69) is 31.4 Å². The molecule has 0 fully saturated rings. The second-order valence-electron chi connectivity index (χ2n) is 5.82. The Morgan fingerprint density at radius 1 is 1.44 bits per heavy atom. The highest BCUT2D eigenvalue weighted by Crippen LogP contribution is 2.28. The van der Waals surface area contributed by atoms with Crippen molar-refractivity contribution in [3.05, 3.63) is 34.3 Å². The first-order valence-electron chi connectivity index (χ1n) is 7.74. The number of hydrogen-bond acceptors (Lipinski definition) is 3. The van der Waals surface area contributed by atoms with Crippen LogP contribution in [0.5, 0.6) is 0 Å². The summed E-state index contributed by atoms with van der Waals surface area (Å²) in [5.74, 6) is -0.394. The molecule has 6 nitrogen and oxygen atoms in total. The molecule has 0 spiro atoms. The molecular formula is C15H19BrF3N5O. The van der Waals surface area contributed by atoms with E-state index in [1.165, 1.54) is 4.68 Å². The largest absolute Gasteiger partial charge is 0.435 e. The average Bonchev–Trinajstić information content (AvgIpc) is 3.09. The summed E-state index contributed by atoms with van der Waals surface area (Å²) in [6.45, 7) is 4.49. The van der Waals surface area contributed by atoms with Gasteiger partial charge in [-0.2, -0.15) is 23.4 Å². The van der Waals surface area contributed by atoms with Crippen molar-refractivity contribution in [3.63, 3.8) is 0 Å². The van der Waals surface area contributed by atoms with Crippen molar-refractivity contribution in [2.45, 2.75) is 39.5 Å². The van der Waals surface area contributed by atoms with Crippen LogP contribution in [0.1, 0.15) is 24.7 Å². The standard InChI is InChI=1S/C15H19BrF3N5O/c1-10(8-23-9-12(16)7-21-23)14(25)20-4-3-5-24-11(2)6-13(22-24)15(17,18)19/h6-7,9-10H,3-5,8H2,1-2H3,(H,20,25). The maximum atomic E-state index is 12.6. The van der Waals surface area contributed by atoms with Gasteiger partial charge in [0.1, 0.15) is 0 Å². The van der Waals surface area contributed by atoms with E-state index in [0.29, 0.717) is 31.7 Å². The van der Waals surface area contributed by atoms with Crippen LogP contribution in [0, 0.1) is 12.8 Å². The van der Waals surface area contributed by atoms with E-state index in [9.17, 15) is 18.0 Å². The van der Waals surface area contributed by atoms with Gasteiger partial charge in [0.05, 0.1) is 23.1 Å². The number of aryl methyl sites for hydroxylation is 2. The van der Waals surface area contributed by atoms with E-state index in [1.54, 1.807) is 30.9 Å². The summed E-state index contributed by atoms with van der Waals surface area (Å²) in [5, 5.41) is 10.4. The molecule has 138 valence electrons. The molecule has 10 heteroatoms. The van der Waals surface area contributed by atoms with Crippen LogP contribution in [0.15, 0.2) is 22.9 Å². The van der Waals surface area contributed by atoms with Crippen LogP contribution in [0.2, 0.25) is 0 Å². The summed E-state index contributed by atoms with van der Waals surface area (Å²) in [4.78, 5) is 12.0. The van der Waals surface area contributed by atoms with Crippen molar-refractivity contribution in [2.75, 3.05) is 6.54 Å². The first-order valence-corrected chi connectivity index (χ1v) is 8.53. The van der Waals surface area contributed by atoms with E-state index in [0.717, 1.165) is 10.5 Å². The Bertz CT molecular complexity index is 725. The minimum atomic E-state index is -4.44. The third-order valence-corrected chi connectivity index (χ3v) is 4.04. The molecule has 0 aromatic carbocycles. The van der Waals surface area contributed by atoms with Crippen LogP contribution in [-0.2, 0) is 24.1 Å². The Morgan fingerprint density at radius 2 is 2.16 bits per heavy atom. The lowest BCUT2D eigenvalue weighted by atomic mass is 10.1. The molecule has 0 saturated heterocycles. The molecule has 0 aliphatic carbocycles. The minimum absolute atomic E-state index is 0.125. The van der Waals surface area contributed by atoms with Gasteiger partial charge in [-0.05, 0) is 35.3 Å². The number of halogens is 4. The Labute approximate surface area is 151 Å². The van der Waals surface area contributed by atoms with Gasteiger partial charge in [-0.15, -0.1) is 0 Å². The van der Waals surface area contributed by atoms with Crippen molar-refractivity contribution >= 4 is 21.8 Å². The minimum Gasteiger partial charge on any atom is -0.356 e. The zero-order valence-corrected chi connectivity index (χ0v) is 15.4. The number of nitrogens with one attached hydrogen (secondary N) is 1. The van der Waals surface area contributed by atoms with Gasteiger partial charge in [-0.3, -0.25) is 14.2 Å². The predicted octanol–water partition coefficient (Wildman–Crippen LogP) is 3.01. The number of nitrogens with zero attached hydrogens (tertiary/aromatic N) is 4. The van der Waals surface area contributed by atoms with E-state index in [1.807, 2.05) is 0 Å². The van der Waals surface area contributed by atoms with Crippen molar-refractivity contribution in [3.8, 4) is 0 Å². The molecule has 0 radical (unpaired) electrons. The van der Waals surface area contributed by atoms with Gasteiger partial charge in [0.25, 0.3) is 0 Å². The topological polar surface area (TPSA) is 64.7 Å². The van der Waals surface area contributed by atoms with Gasteiger partial charge >= 0.3 is 6.18 Å². The molecule has 1 N–H and O–H groups in total. The molecule has 2 heterocycles. The normalized spacial score (nSPS) is 13.0. The molecule has 1 atom stereocenters. The predicted molar refractivity (Wildman–Crippen MR) is 88.7 cm³/mol. The Hall–Kier alpha value is -1.84. The number of rotatable bonds is 7. The maximum Gasteiger partial charge on any atom is 0.435 e. The van der Waals surface area contributed by atoms with Crippen LogP contribution in [-0.4, -0.2) is 32.0 Å². The SMILES string of the molecule is Cc1cc(C(F)(F)F)nn1CCCNC(=O)C(C)Cn1cc(Br)cn1. The monoisotopic (exact) mass is 421 g/mol. The molecule has 0 bridgehead atoms. The molecule has 2 rings (SSSR count). The number of aromatic nitrogens is 4. The Kier molecular flexibility index (Phi) is 6.26. The second-order valence-corrected chi connectivity index (χ2v) is 6.73. The zero-order valence-electron chi connectivity index (χ0n) is 13.8. The van der Waals surface area contributed by atoms with E-state index in [4.69, 9.17) is 0 Å². The van der Waals surface area contributed by atoms with Gasteiger partial charge in [-0.25, -0.2) is 0 Å². The molecule has 1 amide bonds. The third kappa shape index (κ3) is 5.58. The number of carbonyl (C=O) groups excluding carboxylic acids is 1. The van der Waals surface area contributed by atoms with Crippen LogP contribution >= 0.6 is 15.9 Å². The Morgan fingerprint density at radius 3 is 2.72 bits per heavy atom. The summed E-state index contributed by atoms with van der Waals surface area (Å²) in [5.41, 5.74) is -0.454. The average molecular weight is 422 g/mol. The number of carbonyl (C=O) groups is 1. The maximum absolute atomic E-state index is 12.6. The molecule has 2 aromatic rings. The van der Waals surface area contributed by atoms with Gasteiger partial charge in [0.2, 0.25) is 5.91 Å². The first kappa shape index (κ1) is 19.5. The van der Waals surface area contributed by atoms with Crippen LogP contribution in [0.25, 0.3) is 0 Å².